The highest BCUT2D eigenvalue weighted by Crippen LogP contribution is 2.31. The highest BCUT2D eigenvalue weighted by molar-refractivity contribution is 5.95. The lowest BCUT2D eigenvalue weighted by molar-refractivity contribution is -0.138. The number of hydrogen-bond donors (Lipinski definition) is 2. The molecule has 2 N–H and O–H groups in total. The fourth-order valence-electron chi connectivity index (χ4n) is 2.65. The molecule has 4 nitrogen and oxygen atoms in total. The minimum absolute atomic E-state index is 0.0541. The Kier molecular flexibility index (Phi) is 6.98. The molecule has 0 aromatic heterocycles. The minimum atomic E-state index is -4.42. The van der Waals surface area contributed by atoms with Gasteiger partial charge in [-0.25, -0.2) is 0 Å². The van der Waals surface area contributed by atoms with Crippen LogP contribution in [0.3, 0.4) is 0 Å². The summed E-state index contributed by atoms with van der Waals surface area (Å²) in [5.74, 6) is -0.593. The zero-order chi connectivity index (χ0) is 19.9. The van der Waals surface area contributed by atoms with E-state index in [2.05, 4.69) is 10.6 Å². The quantitative estimate of drug-likeness (QED) is 0.775. The zero-order valence-corrected chi connectivity index (χ0v) is 14.9. The topological polar surface area (TPSA) is 58.2 Å². The molecule has 2 aromatic carbocycles. The first-order chi connectivity index (χ1) is 12.8. The molecular weight excluding hydrogens is 357 g/mol. The number of hydrogen-bond acceptors (Lipinski definition) is 2. The van der Waals surface area contributed by atoms with Crippen molar-refractivity contribution in [3.8, 4) is 0 Å². The Morgan fingerprint density at radius 2 is 1.59 bits per heavy atom. The van der Waals surface area contributed by atoms with E-state index >= 15 is 0 Å². The van der Waals surface area contributed by atoms with Gasteiger partial charge in [0.05, 0.1) is 5.56 Å². The van der Waals surface area contributed by atoms with Crippen molar-refractivity contribution >= 4 is 11.8 Å². The van der Waals surface area contributed by atoms with Gasteiger partial charge in [-0.05, 0) is 36.6 Å². The fraction of sp³-hybridized carbons (Fsp3) is 0.300. The maximum absolute atomic E-state index is 12.9. The van der Waals surface area contributed by atoms with Crippen molar-refractivity contribution in [1.29, 1.82) is 0 Å². The summed E-state index contributed by atoms with van der Waals surface area (Å²) in [5, 5.41) is 5.24. The van der Waals surface area contributed by atoms with Crippen LogP contribution in [0, 0.1) is 6.92 Å². The van der Waals surface area contributed by atoms with Crippen LogP contribution in [0.25, 0.3) is 0 Å². The van der Waals surface area contributed by atoms with Gasteiger partial charge in [0, 0.05) is 25.1 Å². The second-order valence-corrected chi connectivity index (χ2v) is 6.08. The molecular formula is C20H21F3N2O2. The Labute approximate surface area is 155 Å². The number of amides is 2. The van der Waals surface area contributed by atoms with Crippen LogP contribution >= 0.6 is 0 Å². The Hall–Kier alpha value is -2.83. The molecule has 27 heavy (non-hydrogen) atoms. The Balaban J connectivity index is 1.75. The molecule has 2 rings (SSSR count). The predicted octanol–water partition coefficient (Wildman–Crippen LogP) is 3.49. The van der Waals surface area contributed by atoms with E-state index in [4.69, 9.17) is 0 Å². The maximum atomic E-state index is 12.9. The van der Waals surface area contributed by atoms with Gasteiger partial charge in [-0.15, -0.1) is 0 Å². The normalized spacial score (nSPS) is 11.1. The molecule has 144 valence electrons. The first kappa shape index (κ1) is 20.5. The lowest BCUT2D eigenvalue weighted by Gasteiger charge is -2.13. The van der Waals surface area contributed by atoms with E-state index in [1.54, 1.807) is 12.1 Å². The molecule has 2 amide bonds. The highest BCUT2D eigenvalue weighted by Gasteiger charge is 2.32. The summed E-state index contributed by atoms with van der Waals surface area (Å²) in [4.78, 5) is 23.8. The first-order valence-electron chi connectivity index (χ1n) is 8.54. The van der Waals surface area contributed by atoms with E-state index in [0.717, 1.165) is 11.6 Å². The number of rotatable bonds is 7. The summed E-state index contributed by atoms with van der Waals surface area (Å²) >= 11 is 0. The Morgan fingerprint density at radius 3 is 2.30 bits per heavy atom. The number of carbonyl (C=O) groups is 2. The van der Waals surface area contributed by atoms with E-state index in [9.17, 15) is 22.8 Å². The number of halogens is 3. The van der Waals surface area contributed by atoms with Gasteiger partial charge in [0.15, 0.2) is 0 Å². The summed E-state index contributed by atoms with van der Waals surface area (Å²) in [6, 6.07) is 12.4. The molecule has 0 fully saturated rings. The predicted molar refractivity (Wildman–Crippen MR) is 96.3 cm³/mol. The molecule has 0 aliphatic heterocycles. The van der Waals surface area contributed by atoms with Crippen LogP contribution in [0.15, 0.2) is 48.5 Å². The van der Waals surface area contributed by atoms with Gasteiger partial charge < -0.3 is 10.6 Å². The van der Waals surface area contributed by atoms with Crippen molar-refractivity contribution in [3.05, 3.63) is 70.8 Å². The molecule has 0 saturated heterocycles. The minimum Gasteiger partial charge on any atom is -0.356 e. The molecule has 0 radical (unpaired) electrons. The molecule has 2 aromatic rings. The zero-order valence-electron chi connectivity index (χ0n) is 14.9. The largest absolute Gasteiger partial charge is 0.416 e. The summed E-state index contributed by atoms with van der Waals surface area (Å²) < 4.78 is 38.8. The molecule has 0 bridgehead atoms. The fourth-order valence-corrected chi connectivity index (χ4v) is 2.65. The average Bonchev–Trinajstić information content (AvgIpc) is 2.61. The maximum Gasteiger partial charge on any atom is 0.416 e. The molecule has 7 heteroatoms. The second-order valence-electron chi connectivity index (χ2n) is 6.08. The SMILES string of the molecule is Cc1ccccc1C(=O)NCCC(=O)NCCc1ccccc1C(F)(F)F. The van der Waals surface area contributed by atoms with Gasteiger partial charge in [-0.3, -0.25) is 9.59 Å². The standard InChI is InChI=1S/C20H21F3N2O2/c1-14-6-2-4-8-16(14)19(27)25-13-11-18(26)24-12-10-15-7-3-5-9-17(15)20(21,22)23/h2-9H,10-13H2,1H3,(H,24,26)(H,25,27). The number of aryl methyl sites for hydroxylation is 1. The van der Waals surface area contributed by atoms with Crippen LogP contribution in [-0.4, -0.2) is 24.9 Å². The van der Waals surface area contributed by atoms with Crippen molar-refractivity contribution in [2.24, 2.45) is 0 Å². The summed E-state index contributed by atoms with van der Waals surface area (Å²) in [5.41, 5.74) is 0.826. The molecule has 0 heterocycles. The van der Waals surface area contributed by atoms with Gasteiger partial charge >= 0.3 is 6.18 Å². The van der Waals surface area contributed by atoms with Crippen molar-refractivity contribution in [1.82, 2.24) is 10.6 Å². The lowest BCUT2D eigenvalue weighted by Crippen LogP contribution is -2.32. The van der Waals surface area contributed by atoms with Crippen LogP contribution in [0.5, 0.6) is 0 Å². The van der Waals surface area contributed by atoms with Crippen molar-refractivity contribution < 1.29 is 22.8 Å². The molecule has 0 aliphatic carbocycles. The molecule has 0 spiro atoms. The molecule has 0 atom stereocenters. The highest BCUT2D eigenvalue weighted by atomic mass is 19.4. The molecule has 0 unspecified atom stereocenters. The van der Waals surface area contributed by atoms with E-state index < -0.39 is 11.7 Å². The monoisotopic (exact) mass is 378 g/mol. The summed E-state index contributed by atoms with van der Waals surface area (Å²) in [6.45, 7) is 2.07. The van der Waals surface area contributed by atoms with Crippen LogP contribution in [-0.2, 0) is 17.4 Å². The van der Waals surface area contributed by atoms with E-state index in [1.165, 1.54) is 18.2 Å². The third-order valence-corrected chi connectivity index (χ3v) is 4.07. The number of carbonyl (C=O) groups excluding carboxylic acids is 2. The smallest absolute Gasteiger partial charge is 0.356 e. The van der Waals surface area contributed by atoms with Gasteiger partial charge in [0.2, 0.25) is 5.91 Å². The van der Waals surface area contributed by atoms with Crippen LogP contribution in [0.1, 0.15) is 33.5 Å². The second kappa shape index (κ2) is 9.21. The summed E-state index contributed by atoms with van der Waals surface area (Å²) in [6.07, 6.45) is -4.28. The average molecular weight is 378 g/mol. The van der Waals surface area contributed by atoms with Crippen molar-refractivity contribution in [3.63, 3.8) is 0 Å². The Morgan fingerprint density at radius 1 is 0.926 bits per heavy atom. The third-order valence-electron chi connectivity index (χ3n) is 4.07. The lowest BCUT2D eigenvalue weighted by atomic mass is 10.0. The van der Waals surface area contributed by atoms with Crippen molar-refractivity contribution in [2.75, 3.05) is 13.1 Å². The van der Waals surface area contributed by atoms with Gasteiger partial charge in [-0.1, -0.05) is 36.4 Å². The van der Waals surface area contributed by atoms with Crippen molar-refractivity contribution in [2.45, 2.75) is 25.9 Å². The molecule has 0 aliphatic rings. The van der Waals surface area contributed by atoms with E-state index in [1.807, 2.05) is 19.1 Å². The first-order valence-corrected chi connectivity index (χ1v) is 8.54. The number of benzene rings is 2. The van der Waals surface area contributed by atoms with Crippen LogP contribution < -0.4 is 10.6 Å². The van der Waals surface area contributed by atoms with Gasteiger partial charge in [0.25, 0.3) is 5.91 Å². The third kappa shape index (κ3) is 6.13. The number of alkyl halides is 3. The number of nitrogens with one attached hydrogen (secondary N) is 2. The van der Waals surface area contributed by atoms with Crippen LogP contribution in [0.4, 0.5) is 13.2 Å². The molecule has 0 saturated carbocycles. The Bertz CT molecular complexity index is 804. The van der Waals surface area contributed by atoms with Gasteiger partial charge in [0.1, 0.15) is 0 Å². The van der Waals surface area contributed by atoms with Crippen LogP contribution in [0.2, 0.25) is 0 Å². The van der Waals surface area contributed by atoms with E-state index in [0.29, 0.717) is 5.56 Å². The van der Waals surface area contributed by atoms with E-state index in [-0.39, 0.29) is 43.3 Å². The van der Waals surface area contributed by atoms with Gasteiger partial charge in [-0.2, -0.15) is 13.2 Å². The summed E-state index contributed by atoms with van der Waals surface area (Å²) in [7, 11) is 0.